The number of carbonyl (C=O) groups excluding carboxylic acids is 1. The van der Waals surface area contributed by atoms with Gasteiger partial charge in [-0.3, -0.25) is 4.79 Å². The lowest BCUT2D eigenvalue weighted by Crippen LogP contribution is -2.29. The molecule has 0 atom stereocenters. The molecule has 1 aromatic carbocycles. The molecule has 130 valence electrons. The van der Waals surface area contributed by atoms with E-state index in [1.54, 1.807) is 15.9 Å². The van der Waals surface area contributed by atoms with Gasteiger partial charge in [0.25, 0.3) is 0 Å². The normalized spacial score (nSPS) is 14.9. The van der Waals surface area contributed by atoms with Crippen LogP contribution in [0.15, 0.2) is 24.3 Å². The molecule has 0 unspecified atom stereocenters. The molecule has 25 heavy (non-hydrogen) atoms. The number of carbonyl (C=O) groups is 1. The van der Waals surface area contributed by atoms with Crippen LogP contribution in [0.5, 0.6) is 0 Å². The highest BCUT2D eigenvalue weighted by molar-refractivity contribution is 7.20. The van der Waals surface area contributed by atoms with E-state index in [9.17, 15) is 4.79 Å². The predicted octanol–water partition coefficient (Wildman–Crippen LogP) is 3.71. The Labute approximate surface area is 150 Å². The topological polar surface area (TPSA) is 62.5 Å². The van der Waals surface area contributed by atoms with Crippen molar-refractivity contribution in [1.82, 2.24) is 14.6 Å². The van der Waals surface area contributed by atoms with Crippen LogP contribution in [-0.2, 0) is 4.79 Å². The molecule has 1 saturated heterocycles. The van der Waals surface area contributed by atoms with Gasteiger partial charge in [0.1, 0.15) is 5.69 Å². The van der Waals surface area contributed by atoms with Crippen molar-refractivity contribution in [2.75, 3.05) is 23.3 Å². The van der Waals surface area contributed by atoms with Gasteiger partial charge in [-0.25, -0.2) is 4.98 Å². The number of benzene rings is 1. The molecule has 0 saturated carbocycles. The third kappa shape index (κ3) is 3.11. The number of nitrogens with zero attached hydrogens (tertiary/aromatic N) is 4. The highest BCUT2D eigenvalue weighted by Crippen LogP contribution is 2.34. The summed E-state index contributed by atoms with van der Waals surface area (Å²) in [4.78, 5) is 19.6. The fourth-order valence-electron chi connectivity index (χ4n) is 3.14. The summed E-state index contributed by atoms with van der Waals surface area (Å²) in [5, 5.41) is 8.63. The molecule has 1 amide bonds. The van der Waals surface area contributed by atoms with Gasteiger partial charge in [-0.05, 0) is 26.2 Å². The maximum Gasteiger partial charge on any atom is 0.222 e. The third-order valence-corrected chi connectivity index (χ3v) is 5.41. The minimum Gasteiger partial charge on any atom is -0.347 e. The van der Waals surface area contributed by atoms with Crippen LogP contribution in [0.2, 0.25) is 0 Å². The second kappa shape index (κ2) is 6.48. The Kier molecular flexibility index (Phi) is 4.17. The van der Waals surface area contributed by atoms with Gasteiger partial charge in [-0.15, -0.1) is 5.10 Å². The van der Waals surface area contributed by atoms with E-state index in [1.807, 2.05) is 24.3 Å². The maximum absolute atomic E-state index is 11.7. The highest BCUT2D eigenvalue weighted by Gasteiger charge is 2.22. The summed E-state index contributed by atoms with van der Waals surface area (Å²) in [6.07, 6.45) is 3.69. The van der Waals surface area contributed by atoms with E-state index in [2.05, 4.69) is 17.1 Å². The number of piperidine rings is 1. The zero-order valence-corrected chi connectivity index (χ0v) is 15.3. The summed E-state index contributed by atoms with van der Waals surface area (Å²) in [5.74, 6) is 0.522. The van der Waals surface area contributed by atoms with Gasteiger partial charge in [0.05, 0.1) is 0 Å². The molecule has 0 bridgehead atoms. The van der Waals surface area contributed by atoms with E-state index in [-0.39, 0.29) is 5.91 Å². The van der Waals surface area contributed by atoms with E-state index in [0.29, 0.717) is 5.82 Å². The van der Waals surface area contributed by atoms with Crippen molar-refractivity contribution in [3.05, 3.63) is 29.8 Å². The van der Waals surface area contributed by atoms with Crippen LogP contribution in [0, 0.1) is 6.92 Å². The Hall–Kier alpha value is -2.41. The molecule has 1 N–H and O–H groups in total. The van der Waals surface area contributed by atoms with Gasteiger partial charge in [0.2, 0.25) is 16.0 Å². The van der Waals surface area contributed by atoms with Gasteiger partial charge >= 0.3 is 0 Å². The van der Waals surface area contributed by atoms with E-state index in [1.165, 1.54) is 31.7 Å². The van der Waals surface area contributed by atoms with E-state index < -0.39 is 0 Å². The van der Waals surface area contributed by atoms with Crippen LogP contribution in [0.3, 0.4) is 0 Å². The fraction of sp³-hybridized carbons (Fsp3) is 0.389. The van der Waals surface area contributed by atoms with E-state index in [0.717, 1.165) is 34.4 Å². The van der Waals surface area contributed by atoms with E-state index >= 15 is 0 Å². The van der Waals surface area contributed by atoms with Crippen LogP contribution in [0.4, 0.5) is 10.9 Å². The second-order valence-electron chi connectivity index (χ2n) is 6.48. The molecular formula is C18H21N5OS. The summed E-state index contributed by atoms with van der Waals surface area (Å²) in [6.45, 7) is 5.64. The molecular weight excluding hydrogens is 334 g/mol. The first kappa shape index (κ1) is 16.1. The zero-order valence-electron chi connectivity index (χ0n) is 14.5. The molecule has 7 heteroatoms. The average molecular weight is 355 g/mol. The Balaban J connectivity index is 1.79. The molecule has 1 aliphatic heterocycles. The molecule has 6 nitrogen and oxygen atoms in total. The number of fused-ring (bicyclic) bond motifs is 1. The molecule has 1 aliphatic rings. The number of amides is 1. The Morgan fingerprint density at radius 3 is 2.56 bits per heavy atom. The van der Waals surface area contributed by atoms with Crippen LogP contribution < -0.4 is 10.2 Å². The summed E-state index contributed by atoms with van der Waals surface area (Å²) in [5.41, 5.74) is 2.93. The van der Waals surface area contributed by atoms with Crippen molar-refractivity contribution < 1.29 is 4.79 Å². The van der Waals surface area contributed by atoms with Crippen molar-refractivity contribution >= 4 is 33.2 Å². The lowest BCUT2D eigenvalue weighted by Gasteiger charge is -2.25. The number of rotatable bonds is 3. The van der Waals surface area contributed by atoms with Crippen LogP contribution in [-0.4, -0.2) is 33.6 Å². The molecule has 0 radical (unpaired) electrons. The van der Waals surface area contributed by atoms with Gasteiger partial charge in [-0.2, -0.15) is 4.52 Å². The quantitative estimate of drug-likeness (QED) is 0.778. The first-order valence-electron chi connectivity index (χ1n) is 8.61. The van der Waals surface area contributed by atoms with Crippen molar-refractivity contribution in [1.29, 1.82) is 0 Å². The maximum atomic E-state index is 11.7. The predicted molar refractivity (Wildman–Crippen MR) is 101 cm³/mol. The standard InChI is InChI=1S/C18H21N5OS/c1-12-6-8-14(9-7-12)15-16(19-13(2)24)23-17(20-15)25-18(21-23)22-10-4-3-5-11-22/h6-9H,3-5,10-11H2,1-2H3,(H,19,24). The third-order valence-electron chi connectivity index (χ3n) is 4.44. The summed E-state index contributed by atoms with van der Waals surface area (Å²) in [7, 11) is 0. The van der Waals surface area contributed by atoms with Crippen LogP contribution in [0.1, 0.15) is 31.7 Å². The summed E-state index contributed by atoms with van der Waals surface area (Å²) >= 11 is 1.58. The lowest BCUT2D eigenvalue weighted by atomic mass is 10.1. The smallest absolute Gasteiger partial charge is 0.222 e. The van der Waals surface area contributed by atoms with Crippen LogP contribution in [0.25, 0.3) is 16.2 Å². The summed E-state index contributed by atoms with van der Waals surface area (Å²) in [6, 6.07) is 8.15. The fourth-order valence-corrected chi connectivity index (χ4v) is 4.10. The molecule has 3 aromatic rings. The minimum atomic E-state index is -0.123. The number of anilines is 2. The molecule has 1 fully saturated rings. The molecule has 0 spiro atoms. The largest absolute Gasteiger partial charge is 0.347 e. The van der Waals surface area contributed by atoms with Crippen LogP contribution >= 0.6 is 11.3 Å². The Bertz CT molecular complexity index is 906. The van der Waals surface area contributed by atoms with Gasteiger partial charge < -0.3 is 10.2 Å². The number of aromatic nitrogens is 3. The zero-order chi connectivity index (χ0) is 17.4. The first-order chi connectivity index (χ1) is 12.1. The lowest BCUT2D eigenvalue weighted by molar-refractivity contribution is -0.114. The number of imidazole rings is 1. The molecule has 0 aliphatic carbocycles. The molecule has 2 aromatic heterocycles. The van der Waals surface area contributed by atoms with Gasteiger partial charge in [-0.1, -0.05) is 41.2 Å². The molecule has 4 rings (SSSR count). The van der Waals surface area contributed by atoms with Crippen molar-refractivity contribution in [2.45, 2.75) is 33.1 Å². The van der Waals surface area contributed by atoms with E-state index in [4.69, 9.17) is 10.1 Å². The highest BCUT2D eigenvalue weighted by atomic mass is 32.1. The monoisotopic (exact) mass is 355 g/mol. The first-order valence-corrected chi connectivity index (χ1v) is 9.42. The Morgan fingerprint density at radius 2 is 1.88 bits per heavy atom. The van der Waals surface area contributed by atoms with Gasteiger partial charge in [0.15, 0.2) is 5.82 Å². The van der Waals surface area contributed by atoms with Crippen molar-refractivity contribution in [3.8, 4) is 11.3 Å². The minimum absolute atomic E-state index is 0.123. The van der Waals surface area contributed by atoms with Crippen molar-refractivity contribution in [2.24, 2.45) is 0 Å². The average Bonchev–Trinajstić information content (AvgIpc) is 3.16. The van der Waals surface area contributed by atoms with Crippen molar-refractivity contribution in [3.63, 3.8) is 0 Å². The second-order valence-corrected chi connectivity index (χ2v) is 7.42. The Morgan fingerprint density at radius 1 is 1.16 bits per heavy atom. The number of aryl methyl sites for hydroxylation is 1. The summed E-state index contributed by atoms with van der Waals surface area (Å²) < 4.78 is 1.77. The number of hydrogen-bond donors (Lipinski definition) is 1. The number of nitrogens with one attached hydrogen (secondary N) is 1. The van der Waals surface area contributed by atoms with Gasteiger partial charge in [0, 0.05) is 25.6 Å². The number of hydrogen-bond acceptors (Lipinski definition) is 5. The SMILES string of the molecule is CC(=O)Nc1c(-c2ccc(C)cc2)nc2sc(N3CCCCC3)nn12. The molecule has 3 heterocycles.